The highest BCUT2D eigenvalue weighted by molar-refractivity contribution is 5.35. The molecule has 2 rings (SSSR count). The lowest BCUT2D eigenvalue weighted by Crippen LogP contribution is -2.30. The second-order valence-electron chi connectivity index (χ2n) is 5.80. The van der Waals surface area contributed by atoms with Crippen molar-refractivity contribution < 1.29 is 9.84 Å². The molecular weight excluding hydrogens is 224 g/mol. The van der Waals surface area contributed by atoms with E-state index in [0.717, 1.165) is 25.0 Å². The van der Waals surface area contributed by atoms with E-state index in [9.17, 15) is 5.11 Å². The van der Waals surface area contributed by atoms with E-state index in [2.05, 4.69) is 26.8 Å². The molecule has 0 bridgehead atoms. The Morgan fingerprint density at radius 2 is 1.94 bits per heavy atom. The fourth-order valence-corrected chi connectivity index (χ4v) is 2.65. The SMILES string of the molecule is CC(C)CCOC1CC(C)c2ccccc2C1O. The molecule has 0 heterocycles. The molecule has 0 radical (unpaired) electrons. The summed E-state index contributed by atoms with van der Waals surface area (Å²) in [5.41, 5.74) is 2.32. The summed E-state index contributed by atoms with van der Waals surface area (Å²) < 4.78 is 5.88. The third-order valence-electron chi connectivity index (χ3n) is 3.81. The summed E-state index contributed by atoms with van der Waals surface area (Å²) in [6.07, 6.45) is 1.45. The van der Waals surface area contributed by atoms with Crippen LogP contribution in [0.15, 0.2) is 24.3 Å². The normalized spacial score (nSPS) is 27.3. The van der Waals surface area contributed by atoms with Crippen LogP contribution in [0.1, 0.15) is 56.8 Å². The standard InChI is InChI=1S/C16H24O2/c1-11(2)8-9-18-15-10-12(3)13-6-4-5-7-14(13)16(15)17/h4-7,11-12,15-17H,8-10H2,1-3H3. The van der Waals surface area contributed by atoms with Crippen LogP contribution in [0.5, 0.6) is 0 Å². The molecule has 100 valence electrons. The van der Waals surface area contributed by atoms with Crippen LogP contribution in [0.25, 0.3) is 0 Å². The van der Waals surface area contributed by atoms with E-state index in [1.54, 1.807) is 0 Å². The molecule has 1 aliphatic rings. The summed E-state index contributed by atoms with van der Waals surface area (Å²) in [6, 6.07) is 8.18. The molecule has 1 aromatic carbocycles. The Balaban J connectivity index is 2.04. The largest absolute Gasteiger partial charge is 0.386 e. The van der Waals surface area contributed by atoms with E-state index in [1.165, 1.54) is 5.56 Å². The lowest BCUT2D eigenvalue weighted by atomic mass is 9.80. The van der Waals surface area contributed by atoms with Crippen molar-refractivity contribution in [2.24, 2.45) is 5.92 Å². The minimum absolute atomic E-state index is 0.0475. The average Bonchev–Trinajstić information content (AvgIpc) is 2.35. The minimum Gasteiger partial charge on any atom is -0.386 e. The lowest BCUT2D eigenvalue weighted by Gasteiger charge is -2.34. The second-order valence-corrected chi connectivity index (χ2v) is 5.80. The highest BCUT2D eigenvalue weighted by atomic mass is 16.5. The molecule has 0 amide bonds. The van der Waals surface area contributed by atoms with E-state index in [0.29, 0.717) is 11.8 Å². The predicted molar refractivity (Wildman–Crippen MR) is 73.6 cm³/mol. The van der Waals surface area contributed by atoms with Crippen LogP contribution in [-0.2, 0) is 4.74 Å². The average molecular weight is 248 g/mol. The number of ether oxygens (including phenoxy) is 1. The number of aliphatic hydroxyl groups excluding tert-OH is 1. The summed E-state index contributed by atoms with van der Waals surface area (Å²) in [6.45, 7) is 7.34. The van der Waals surface area contributed by atoms with Gasteiger partial charge in [-0.05, 0) is 35.8 Å². The first kappa shape index (κ1) is 13.6. The van der Waals surface area contributed by atoms with Crippen LogP contribution < -0.4 is 0 Å². The van der Waals surface area contributed by atoms with Crippen molar-refractivity contribution in [3.05, 3.63) is 35.4 Å². The summed E-state index contributed by atoms with van der Waals surface area (Å²) in [5.74, 6) is 1.11. The second kappa shape index (κ2) is 5.85. The van der Waals surface area contributed by atoms with Gasteiger partial charge in [0.1, 0.15) is 6.10 Å². The first-order valence-corrected chi connectivity index (χ1v) is 6.98. The van der Waals surface area contributed by atoms with Gasteiger partial charge in [0.25, 0.3) is 0 Å². The van der Waals surface area contributed by atoms with Gasteiger partial charge in [-0.3, -0.25) is 0 Å². The summed E-state index contributed by atoms with van der Waals surface area (Å²) in [7, 11) is 0. The van der Waals surface area contributed by atoms with Crippen molar-refractivity contribution in [3.63, 3.8) is 0 Å². The van der Waals surface area contributed by atoms with Gasteiger partial charge in [0, 0.05) is 6.61 Å². The van der Waals surface area contributed by atoms with Crippen molar-refractivity contribution in [2.45, 2.75) is 51.7 Å². The number of fused-ring (bicyclic) bond motifs is 1. The van der Waals surface area contributed by atoms with E-state index in [-0.39, 0.29) is 6.10 Å². The molecule has 18 heavy (non-hydrogen) atoms. The Hall–Kier alpha value is -0.860. The summed E-state index contributed by atoms with van der Waals surface area (Å²) >= 11 is 0. The zero-order chi connectivity index (χ0) is 13.1. The van der Waals surface area contributed by atoms with Gasteiger partial charge in [0.15, 0.2) is 0 Å². The van der Waals surface area contributed by atoms with Crippen LogP contribution in [0.4, 0.5) is 0 Å². The summed E-state index contributed by atoms with van der Waals surface area (Å²) in [5, 5.41) is 10.4. The number of hydrogen-bond acceptors (Lipinski definition) is 2. The predicted octanol–water partition coefficient (Wildman–Crippen LogP) is 3.66. The maximum absolute atomic E-state index is 10.4. The first-order valence-electron chi connectivity index (χ1n) is 6.98. The van der Waals surface area contributed by atoms with Gasteiger partial charge < -0.3 is 9.84 Å². The van der Waals surface area contributed by atoms with Gasteiger partial charge in [-0.15, -0.1) is 0 Å². The monoisotopic (exact) mass is 248 g/mol. The minimum atomic E-state index is -0.468. The quantitative estimate of drug-likeness (QED) is 0.881. The number of aliphatic hydroxyl groups is 1. The molecule has 0 spiro atoms. The molecule has 3 unspecified atom stereocenters. The molecule has 0 saturated carbocycles. The van der Waals surface area contributed by atoms with E-state index < -0.39 is 6.10 Å². The Bertz CT molecular complexity index is 386. The Labute approximate surface area is 110 Å². The van der Waals surface area contributed by atoms with Crippen LogP contribution in [0.3, 0.4) is 0 Å². The molecule has 2 nitrogen and oxygen atoms in total. The van der Waals surface area contributed by atoms with Gasteiger partial charge in [-0.25, -0.2) is 0 Å². The Kier molecular flexibility index (Phi) is 4.41. The highest BCUT2D eigenvalue weighted by Crippen LogP contribution is 2.38. The molecule has 3 atom stereocenters. The Morgan fingerprint density at radius 1 is 1.28 bits per heavy atom. The van der Waals surface area contributed by atoms with Gasteiger partial charge in [0.2, 0.25) is 0 Å². The van der Waals surface area contributed by atoms with E-state index >= 15 is 0 Å². The third-order valence-corrected chi connectivity index (χ3v) is 3.81. The van der Waals surface area contributed by atoms with Gasteiger partial charge in [-0.1, -0.05) is 45.0 Å². The van der Waals surface area contributed by atoms with Crippen LogP contribution in [0.2, 0.25) is 0 Å². The van der Waals surface area contributed by atoms with Crippen molar-refractivity contribution in [2.75, 3.05) is 6.61 Å². The molecule has 2 heteroatoms. The summed E-state index contributed by atoms with van der Waals surface area (Å²) in [4.78, 5) is 0. The number of hydrogen-bond donors (Lipinski definition) is 1. The van der Waals surface area contributed by atoms with Gasteiger partial charge in [0.05, 0.1) is 6.10 Å². The molecule has 0 aliphatic heterocycles. The fraction of sp³-hybridized carbons (Fsp3) is 0.625. The van der Waals surface area contributed by atoms with Gasteiger partial charge >= 0.3 is 0 Å². The van der Waals surface area contributed by atoms with Crippen LogP contribution in [-0.4, -0.2) is 17.8 Å². The number of benzene rings is 1. The van der Waals surface area contributed by atoms with Crippen molar-refractivity contribution in [1.82, 2.24) is 0 Å². The molecule has 0 aromatic heterocycles. The smallest absolute Gasteiger partial charge is 0.105 e. The van der Waals surface area contributed by atoms with Crippen molar-refractivity contribution >= 4 is 0 Å². The molecular formula is C16H24O2. The highest BCUT2D eigenvalue weighted by Gasteiger charge is 2.32. The van der Waals surface area contributed by atoms with Gasteiger partial charge in [-0.2, -0.15) is 0 Å². The molecule has 1 N–H and O–H groups in total. The topological polar surface area (TPSA) is 29.5 Å². The van der Waals surface area contributed by atoms with Crippen molar-refractivity contribution in [3.8, 4) is 0 Å². The zero-order valence-electron chi connectivity index (χ0n) is 11.6. The number of rotatable bonds is 4. The Morgan fingerprint density at radius 3 is 2.61 bits per heavy atom. The fourth-order valence-electron chi connectivity index (χ4n) is 2.65. The molecule has 1 aliphatic carbocycles. The first-order chi connectivity index (χ1) is 8.59. The maximum Gasteiger partial charge on any atom is 0.105 e. The van der Waals surface area contributed by atoms with E-state index in [4.69, 9.17) is 4.74 Å². The van der Waals surface area contributed by atoms with Crippen LogP contribution >= 0.6 is 0 Å². The third kappa shape index (κ3) is 2.93. The lowest BCUT2D eigenvalue weighted by molar-refractivity contribution is -0.0549. The van der Waals surface area contributed by atoms with E-state index in [1.807, 2.05) is 18.2 Å². The molecule has 0 fully saturated rings. The molecule has 1 aromatic rings. The maximum atomic E-state index is 10.4. The molecule has 0 saturated heterocycles. The van der Waals surface area contributed by atoms with Crippen LogP contribution in [0, 0.1) is 5.92 Å². The van der Waals surface area contributed by atoms with Crippen molar-refractivity contribution in [1.29, 1.82) is 0 Å². The zero-order valence-corrected chi connectivity index (χ0v) is 11.6.